The molecule has 0 bridgehead atoms. The Kier molecular flexibility index (Phi) is 6.24. The van der Waals surface area contributed by atoms with Crippen molar-refractivity contribution in [3.63, 3.8) is 0 Å². The van der Waals surface area contributed by atoms with Crippen LogP contribution in [0, 0.1) is 6.92 Å². The Hall–Kier alpha value is -2.49. The van der Waals surface area contributed by atoms with Crippen LogP contribution in [0.4, 0.5) is 0 Å². The molecule has 0 radical (unpaired) electrons. The van der Waals surface area contributed by atoms with Gasteiger partial charge in [0, 0.05) is 5.56 Å². The van der Waals surface area contributed by atoms with Crippen LogP contribution in [-0.4, -0.2) is 19.6 Å². The Morgan fingerprint density at radius 1 is 1.12 bits per heavy atom. The molecule has 0 aromatic heterocycles. The summed E-state index contributed by atoms with van der Waals surface area (Å²) in [5, 5.41) is 3.09. The number of ether oxygens (including phenoxy) is 2. The van der Waals surface area contributed by atoms with Crippen LogP contribution in [0.2, 0.25) is 0 Å². The van der Waals surface area contributed by atoms with Crippen LogP contribution in [0.15, 0.2) is 42.5 Å². The lowest BCUT2D eigenvalue weighted by Gasteiger charge is -2.19. The second kappa shape index (κ2) is 8.39. The zero-order valence-electron chi connectivity index (χ0n) is 14.8. The van der Waals surface area contributed by atoms with Crippen LogP contribution in [-0.2, 0) is 0 Å². The lowest BCUT2D eigenvalue weighted by molar-refractivity contribution is 0.0935. The Bertz CT molecular complexity index is 680. The van der Waals surface area contributed by atoms with E-state index < -0.39 is 0 Å². The van der Waals surface area contributed by atoms with E-state index in [0.717, 1.165) is 29.0 Å². The van der Waals surface area contributed by atoms with Crippen molar-refractivity contribution in [3.05, 3.63) is 59.2 Å². The molecule has 0 aliphatic carbocycles. The van der Waals surface area contributed by atoms with E-state index in [9.17, 15) is 4.79 Å². The largest absolute Gasteiger partial charge is 0.496 e. The number of rotatable bonds is 7. The molecule has 0 spiro atoms. The van der Waals surface area contributed by atoms with Crippen molar-refractivity contribution in [2.45, 2.75) is 33.2 Å². The molecule has 1 amide bonds. The van der Waals surface area contributed by atoms with Gasteiger partial charge in [-0.05, 0) is 61.7 Å². The van der Waals surface area contributed by atoms with Gasteiger partial charge in [-0.2, -0.15) is 0 Å². The van der Waals surface area contributed by atoms with Gasteiger partial charge >= 0.3 is 0 Å². The molecule has 128 valence electrons. The number of methoxy groups -OCH3 is 1. The normalized spacial score (nSPS) is 11.7. The van der Waals surface area contributed by atoms with Crippen LogP contribution in [0.1, 0.15) is 47.8 Å². The first-order valence-electron chi connectivity index (χ1n) is 8.27. The van der Waals surface area contributed by atoms with Gasteiger partial charge in [-0.3, -0.25) is 4.79 Å². The van der Waals surface area contributed by atoms with E-state index in [1.54, 1.807) is 19.2 Å². The number of nitrogens with one attached hydrogen (secondary N) is 1. The first-order chi connectivity index (χ1) is 11.6. The zero-order chi connectivity index (χ0) is 17.5. The molecule has 0 aliphatic rings. The molecule has 2 rings (SSSR count). The summed E-state index contributed by atoms with van der Waals surface area (Å²) in [6.45, 7) is 6.61. The van der Waals surface area contributed by atoms with Crippen molar-refractivity contribution in [1.29, 1.82) is 0 Å². The fourth-order valence-corrected chi connectivity index (χ4v) is 2.65. The van der Waals surface area contributed by atoms with Gasteiger partial charge in [0.25, 0.3) is 5.91 Å². The summed E-state index contributed by atoms with van der Waals surface area (Å²) >= 11 is 0. The minimum atomic E-state index is -0.0848. The highest BCUT2D eigenvalue weighted by Crippen LogP contribution is 2.24. The van der Waals surface area contributed by atoms with Crippen LogP contribution in [0.3, 0.4) is 0 Å². The highest BCUT2D eigenvalue weighted by molar-refractivity contribution is 5.94. The van der Waals surface area contributed by atoms with Gasteiger partial charge in [0.2, 0.25) is 0 Å². The van der Waals surface area contributed by atoms with Crippen molar-refractivity contribution < 1.29 is 14.3 Å². The number of hydrogen-bond acceptors (Lipinski definition) is 3. The summed E-state index contributed by atoms with van der Waals surface area (Å²) in [4.78, 5) is 12.5. The maximum atomic E-state index is 12.5. The summed E-state index contributed by atoms with van der Waals surface area (Å²) in [7, 11) is 1.66. The summed E-state index contributed by atoms with van der Waals surface area (Å²) < 4.78 is 10.7. The van der Waals surface area contributed by atoms with Gasteiger partial charge in [0.15, 0.2) is 0 Å². The van der Waals surface area contributed by atoms with Crippen molar-refractivity contribution in [2.75, 3.05) is 13.7 Å². The quantitative estimate of drug-likeness (QED) is 0.825. The maximum absolute atomic E-state index is 12.5. The molecular weight excluding hydrogens is 302 g/mol. The molecule has 0 aliphatic heterocycles. The Balaban J connectivity index is 2.11. The average Bonchev–Trinajstić information content (AvgIpc) is 2.60. The summed E-state index contributed by atoms with van der Waals surface area (Å²) in [5.41, 5.74) is 2.76. The summed E-state index contributed by atoms with van der Waals surface area (Å²) in [5.74, 6) is 1.54. The van der Waals surface area contributed by atoms with Crippen molar-refractivity contribution in [2.24, 2.45) is 0 Å². The van der Waals surface area contributed by atoms with Crippen LogP contribution >= 0.6 is 0 Å². The molecule has 0 saturated heterocycles. The second-order valence-electron chi connectivity index (χ2n) is 5.62. The molecule has 1 N–H and O–H groups in total. The van der Waals surface area contributed by atoms with E-state index in [1.165, 1.54) is 0 Å². The summed E-state index contributed by atoms with van der Waals surface area (Å²) in [6.07, 6.45) is 0.814. The third-order valence-electron chi connectivity index (χ3n) is 3.96. The topological polar surface area (TPSA) is 47.6 Å². The third kappa shape index (κ3) is 4.28. The van der Waals surface area contributed by atoms with Crippen LogP contribution in [0.25, 0.3) is 0 Å². The first kappa shape index (κ1) is 17.9. The number of carbonyl (C=O) groups is 1. The second-order valence-corrected chi connectivity index (χ2v) is 5.62. The molecule has 24 heavy (non-hydrogen) atoms. The van der Waals surface area contributed by atoms with E-state index in [-0.39, 0.29) is 11.9 Å². The van der Waals surface area contributed by atoms with Gasteiger partial charge in [-0.1, -0.05) is 19.1 Å². The number of aryl methyl sites for hydroxylation is 1. The highest BCUT2D eigenvalue weighted by atomic mass is 16.5. The number of amides is 1. The van der Waals surface area contributed by atoms with E-state index in [1.807, 2.05) is 38.1 Å². The van der Waals surface area contributed by atoms with E-state index >= 15 is 0 Å². The Morgan fingerprint density at radius 3 is 2.38 bits per heavy atom. The molecule has 2 aromatic carbocycles. The predicted molar refractivity (Wildman–Crippen MR) is 95.8 cm³/mol. The molecule has 0 saturated carbocycles. The molecule has 1 atom stereocenters. The Labute approximate surface area is 143 Å². The van der Waals surface area contributed by atoms with Crippen molar-refractivity contribution in [3.8, 4) is 11.5 Å². The lowest BCUT2D eigenvalue weighted by atomic mass is 10.0. The molecule has 0 heterocycles. The van der Waals surface area contributed by atoms with Crippen LogP contribution in [0.5, 0.6) is 11.5 Å². The monoisotopic (exact) mass is 327 g/mol. The number of benzene rings is 2. The predicted octanol–water partition coefficient (Wildman–Crippen LogP) is 4.28. The Morgan fingerprint density at radius 2 is 1.83 bits per heavy atom. The number of hydrogen-bond donors (Lipinski definition) is 1. The fourth-order valence-electron chi connectivity index (χ4n) is 2.65. The average molecular weight is 327 g/mol. The van der Waals surface area contributed by atoms with Gasteiger partial charge in [0.1, 0.15) is 11.5 Å². The molecule has 4 heteroatoms. The van der Waals surface area contributed by atoms with E-state index in [4.69, 9.17) is 9.47 Å². The SMILES string of the molecule is CCOc1ccc(C(=O)N[C@H](CC)c2ccc(OC)c(C)c2)cc1. The minimum Gasteiger partial charge on any atom is -0.496 e. The molecule has 4 nitrogen and oxygen atoms in total. The zero-order valence-corrected chi connectivity index (χ0v) is 14.8. The molecule has 0 fully saturated rings. The van der Waals surface area contributed by atoms with E-state index in [0.29, 0.717) is 12.2 Å². The van der Waals surface area contributed by atoms with Gasteiger partial charge < -0.3 is 14.8 Å². The summed E-state index contributed by atoms with van der Waals surface area (Å²) in [6, 6.07) is 13.2. The van der Waals surface area contributed by atoms with Gasteiger partial charge in [-0.15, -0.1) is 0 Å². The fraction of sp³-hybridized carbons (Fsp3) is 0.350. The smallest absolute Gasteiger partial charge is 0.251 e. The van der Waals surface area contributed by atoms with Gasteiger partial charge in [-0.25, -0.2) is 0 Å². The first-order valence-corrected chi connectivity index (χ1v) is 8.27. The molecule has 2 aromatic rings. The van der Waals surface area contributed by atoms with Gasteiger partial charge in [0.05, 0.1) is 19.8 Å². The standard InChI is InChI=1S/C20H25NO3/c1-5-18(16-9-12-19(23-4)14(3)13-16)21-20(22)15-7-10-17(11-8-15)24-6-2/h7-13,18H,5-6H2,1-4H3,(H,21,22)/t18-/m1/s1. The minimum absolute atomic E-state index is 0.0336. The van der Waals surface area contributed by atoms with Crippen molar-refractivity contribution in [1.82, 2.24) is 5.32 Å². The molecule has 0 unspecified atom stereocenters. The van der Waals surface area contributed by atoms with Crippen molar-refractivity contribution >= 4 is 5.91 Å². The van der Waals surface area contributed by atoms with E-state index in [2.05, 4.69) is 18.3 Å². The third-order valence-corrected chi connectivity index (χ3v) is 3.96. The molecular formula is C20H25NO3. The lowest BCUT2D eigenvalue weighted by Crippen LogP contribution is -2.28. The maximum Gasteiger partial charge on any atom is 0.251 e. The highest BCUT2D eigenvalue weighted by Gasteiger charge is 2.15. The number of carbonyl (C=O) groups excluding carboxylic acids is 1. The van der Waals surface area contributed by atoms with Crippen LogP contribution < -0.4 is 14.8 Å².